The fraction of sp³-hybridized carbons (Fsp3) is 0.0208. The van der Waals surface area contributed by atoms with Gasteiger partial charge in [0.2, 0.25) is 0 Å². The third-order valence-corrected chi connectivity index (χ3v) is 9.66. The number of fused-ring (bicyclic) bond motifs is 5. The van der Waals surface area contributed by atoms with Gasteiger partial charge in [0.1, 0.15) is 11.2 Å². The molecular formula is C48H33N3O. The van der Waals surface area contributed by atoms with Crippen molar-refractivity contribution in [2.24, 2.45) is 0 Å². The molecule has 0 aliphatic rings. The molecule has 9 aromatic rings. The van der Waals surface area contributed by atoms with Gasteiger partial charge in [0.15, 0.2) is 17.5 Å². The molecule has 4 heteroatoms. The molecule has 0 saturated heterocycles. The molecule has 0 amide bonds. The van der Waals surface area contributed by atoms with E-state index in [1.807, 2.05) is 66.7 Å². The first kappa shape index (κ1) is 31.1. The average molecular weight is 668 g/mol. The van der Waals surface area contributed by atoms with Gasteiger partial charge in [0, 0.05) is 27.5 Å². The van der Waals surface area contributed by atoms with E-state index in [9.17, 15) is 0 Å². The van der Waals surface area contributed by atoms with Gasteiger partial charge >= 0.3 is 0 Å². The number of hydrogen-bond donors (Lipinski definition) is 0. The van der Waals surface area contributed by atoms with Crippen molar-refractivity contribution >= 4 is 54.6 Å². The van der Waals surface area contributed by atoms with E-state index in [-0.39, 0.29) is 0 Å². The van der Waals surface area contributed by atoms with Crippen LogP contribution in [-0.2, 0) is 0 Å². The number of furan rings is 1. The molecule has 2 heterocycles. The zero-order valence-corrected chi connectivity index (χ0v) is 28.6. The molecule has 0 radical (unpaired) electrons. The lowest BCUT2D eigenvalue weighted by Gasteiger charge is -2.14. The van der Waals surface area contributed by atoms with Crippen molar-refractivity contribution in [3.63, 3.8) is 0 Å². The molecule has 9 rings (SSSR count). The smallest absolute Gasteiger partial charge is 0.164 e. The van der Waals surface area contributed by atoms with Crippen molar-refractivity contribution in [2.75, 3.05) is 0 Å². The predicted octanol–water partition coefficient (Wildman–Crippen LogP) is 12.8. The summed E-state index contributed by atoms with van der Waals surface area (Å²) in [5.41, 5.74) is 8.69. The molecule has 246 valence electrons. The summed E-state index contributed by atoms with van der Waals surface area (Å²) in [6.45, 7) is 6.31. The molecule has 0 unspecified atom stereocenters. The quantitative estimate of drug-likeness (QED) is 0.159. The van der Waals surface area contributed by atoms with Gasteiger partial charge in [0.05, 0.1) is 0 Å². The molecule has 4 nitrogen and oxygen atoms in total. The van der Waals surface area contributed by atoms with E-state index in [0.29, 0.717) is 17.5 Å². The summed E-state index contributed by atoms with van der Waals surface area (Å²) < 4.78 is 6.38. The molecule has 0 atom stereocenters. The Kier molecular flexibility index (Phi) is 7.83. The van der Waals surface area contributed by atoms with E-state index in [1.165, 1.54) is 10.8 Å². The minimum Gasteiger partial charge on any atom is -0.456 e. The lowest BCUT2D eigenvalue weighted by molar-refractivity contribution is 0.669. The van der Waals surface area contributed by atoms with E-state index in [1.54, 1.807) is 0 Å². The van der Waals surface area contributed by atoms with Gasteiger partial charge in [-0.3, -0.25) is 0 Å². The summed E-state index contributed by atoms with van der Waals surface area (Å²) in [4.78, 5) is 15.1. The van der Waals surface area contributed by atoms with Gasteiger partial charge in [-0.1, -0.05) is 140 Å². The summed E-state index contributed by atoms with van der Waals surface area (Å²) in [7, 11) is 0. The van der Waals surface area contributed by atoms with Gasteiger partial charge in [-0.05, 0) is 87.1 Å². The third kappa shape index (κ3) is 5.76. The Balaban J connectivity index is 1.16. The SMILES string of the molecule is C=C/C(=C\C=C(/C)c1cc2ccccc2cc1-c1nc(-c2ccccc2)nc(-c2ccccc2)n1)c1ccc2c(c1)oc1cc3ccccc3cc12. The molecule has 52 heavy (non-hydrogen) atoms. The van der Waals surface area contributed by atoms with Crippen LogP contribution in [0.4, 0.5) is 0 Å². The number of allylic oxidation sites excluding steroid dienone is 5. The second-order valence-electron chi connectivity index (χ2n) is 13.0. The van der Waals surface area contributed by atoms with E-state index in [4.69, 9.17) is 19.4 Å². The monoisotopic (exact) mass is 667 g/mol. The van der Waals surface area contributed by atoms with Crippen molar-refractivity contribution in [2.45, 2.75) is 6.92 Å². The Morgan fingerprint density at radius 2 is 1.06 bits per heavy atom. The van der Waals surface area contributed by atoms with Crippen molar-refractivity contribution in [3.8, 4) is 34.2 Å². The Hall–Kier alpha value is -6.91. The van der Waals surface area contributed by atoms with E-state index < -0.39 is 0 Å². The van der Waals surface area contributed by atoms with Crippen LogP contribution in [0.3, 0.4) is 0 Å². The number of nitrogens with zero attached hydrogens (tertiary/aromatic N) is 3. The number of aromatic nitrogens is 3. The van der Waals surface area contributed by atoms with Gasteiger partial charge in [0.25, 0.3) is 0 Å². The highest BCUT2D eigenvalue weighted by Crippen LogP contribution is 2.36. The van der Waals surface area contributed by atoms with Crippen molar-refractivity contribution in [1.29, 1.82) is 0 Å². The van der Waals surface area contributed by atoms with Gasteiger partial charge in [-0.15, -0.1) is 0 Å². The first-order valence-corrected chi connectivity index (χ1v) is 17.4. The van der Waals surface area contributed by atoms with Crippen LogP contribution in [-0.4, -0.2) is 15.0 Å². The minimum atomic E-state index is 0.622. The van der Waals surface area contributed by atoms with Crippen LogP contribution in [0.1, 0.15) is 18.1 Å². The molecule has 0 aliphatic heterocycles. The fourth-order valence-corrected chi connectivity index (χ4v) is 6.91. The Morgan fingerprint density at radius 1 is 0.519 bits per heavy atom. The molecule has 7 aromatic carbocycles. The maximum atomic E-state index is 6.38. The predicted molar refractivity (Wildman–Crippen MR) is 217 cm³/mol. The van der Waals surface area contributed by atoms with Crippen molar-refractivity contribution < 1.29 is 4.42 Å². The summed E-state index contributed by atoms with van der Waals surface area (Å²) in [5, 5.41) is 6.85. The van der Waals surface area contributed by atoms with Crippen molar-refractivity contribution in [3.05, 3.63) is 188 Å². The van der Waals surface area contributed by atoms with Gasteiger partial charge in [-0.25, -0.2) is 15.0 Å². The summed E-state index contributed by atoms with van der Waals surface area (Å²) in [6, 6.07) is 52.1. The Labute approximate surface area is 301 Å². The van der Waals surface area contributed by atoms with Crippen LogP contribution in [0.15, 0.2) is 181 Å². The minimum absolute atomic E-state index is 0.622. The number of benzene rings is 7. The molecule has 0 aliphatic carbocycles. The molecule has 0 bridgehead atoms. The second-order valence-corrected chi connectivity index (χ2v) is 13.0. The topological polar surface area (TPSA) is 51.8 Å². The molecule has 0 fully saturated rings. The first-order valence-electron chi connectivity index (χ1n) is 17.4. The lowest BCUT2D eigenvalue weighted by Crippen LogP contribution is -2.01. The maximum absolute atomic E-state index is 6.38. The van der Waals surface area contributed by atoms with E-state index in [2.05, 4.69) is 117 Å². The zero-order chi connectivity index (χ0) is 35.0. The zero-order valence-electron chi connectivity index (χ0n) is 28.6. The number of rotatable bonds is 7. The van der Waals surface area contributed by atoms with Crippen LogP contribution in [0.5, 0.6) is 0 Å². The highest BCUT2D eigenvalue weighted by Gasteiger charge is 2.17. The van der Waals surface area contributed by atoms with Crippen LogP contribution >= 0.6 is 0 Å². The highest BCUT2D eigenvalue weighted by molar-refractivity contribution is 6.10. The van der Waals surface area contributed by atoms with Crippen LogP contribution < -0.4 is 0 Å². The van der Waals surface area contributed by atoms with E-state index >= 15 is 0 Å². The van der Waals surface area contributed by atoms with E-state index in [0.717, 1.165) is 71.7 Å². The van der Waals surface area contributed by atoms with Gasteiger partial charge in [-0.2, -0.15) is 0 Å². The summed E-state index contributed by atoms with van der Waals surface area (Å²) in [5.74, 6) is 1.89. The fourth-order valence-electron chi connectivity index (χ4n) is 6.91. The van der Waals surface area contributed by atoms with Crippen LogP contribution in [0.25, 0.3) is 88.8 Å². The normalized spacial score (nSPS) is 12.2. The third-order valence-electron chi connectivity index (χ3n) is 9.66. The first-order chi connectivity index (χ1) is 25.6. The molecule has 0 N–H and O–H groups in total. The standard InChI is InChI=1S/C48H33N3O/c1-3-32(39-24-25-40-42-27-36-19-12-13-21-38(36)29-45(42)52-44(40)30-39)23-22-31(2)41-26-35-18-10-11-20-37(35)28-43(41)48-50-46(33-14-6-4-7-15-33)49-47(51-48)34-16-8-5-9-17-34/h3-30H,1H2,2H3/b31-22+,32-23+. The second kappa shape index (κ2) is 13.1. The summed E-state index contributed by atoms with van der Waals surface area (Å²) in [6.07, 6.45) is 6.17. The molecular weight excluding hydrogens is 635 g/mol. The largest absolute Gasteiger partial charge is 0.456 e. The highest BCUT2D eigenvalue weighted by atomic mass is 16.3. The summed E-state index contributed by atoms with van der Waals surface area (Å²) >= 11 is 0. The number of hydrogen-bond acceptors (Lipinski definition) is 4. The van der Waals surface area contributed by atoms with Crippen molar-refractivity contribution in [1.82, 2.24) is 15.0 Å². The molecule has 2 aromatic heterocycles. The Morgan fingerprint density at radius 3 is 1.69 bits per heavy atom. The lowest BCUT2D eigenvalue weighted by atomic mass is 9.94. The molecule has 0 saturated carbocycles. The van der Waals surface area contributed by atoms with Gasteiger partial charge < -0.3 is 4.42 Å². The van der Waals surface area contributed by atoms with Crippen LogP contribution in [0, 0.1) is 0 Å². The molecule has 0 spiro atoms. The maximum Gasteiger partial charge on any atom is 0.164 e. The van der Waals surface area contributed by atoms with Crippen LogP contribution in [0.2, 0.25) is 0 Å². The Bertz CT molecular complexity index is 2810. The average Bonchev–Trinajstić information content (AvgIpc) is 3.56.